The van der Waals surface area contributed by atoms with Gasteiger partial charge in [-0.3, -0.25) is 14.5 Å². The third-order valence-electron chi connectivity index (χ3n) is 5.38. The van der Waals surface area contributed by atoms with E-state index in [0.717, 1.165) is 11.0 Å². The summed E-state index contributed by atoms with van der Waals surface area (Å²) in [7, 11) is 0. The first-order valence-corrected chi connectivity index (χ1v) is 9.97. The first kappa shape index (κ1) is 19.9. The van der Waals surface area contributed by atoms with Gasteiger partial charge in [0.15, 0.2) is 11.5 Å². The van der Waals surface area contributed by atoms with Gasteiger partial charge in [-0.25, -0.2) is 4.39 Å². The van der Waals surface area contributed by atoms with Crippen LogP contribution >= 0.6 is 0 Å². The largest absolute Gasteiger partial charge is 0.507 e. The Morgan fingerprint density at radius 1 is 1.03 bits per heavy atom. The molecule has 0 bridgehead atoms. The number of rotatable bonds is 3. The van der Waals surface area contributed by atoms with E-state index in [-0.39, 0.29) is 22.6 Å². The summed E-state index contributed by atoms with van der Waals surface area (Å²) in [6.07, 6.45) is 0. The van der Waals surface area contributed by atoms with Crippen molar-refractivity contribution in [1.29, 1.82) is 0 Å². The van der Waals surface area contributed by atoms with Crippen LogP contribution in [0.3, 0.4) is 0 Å². The molecule has 1 amide bonds. The molecule has 3 heterocycles. The third-order valence-corrected chi connectivity index (χ3v) is 5.38. The summed E-state index contributed by atoms with van der Waals surface area (Å²) in [6, 6.07) is 12.3. The van der Waals surface area contributed by atoms with Crippen molar-refractivity contribution in [2.45, 2.75) is 13.0 Å². The number of hydrogen-bond donors (Lipinski definition) is 1. The van der Waals surface area contributed by atoms with E-state index in [2.05, 4.69) is 0 Å². The maximum absolute atomic E-state index is 13.9. The second-order valence-corrected chi connectivity index (χ2v) is 7.46. The highest BCUT2D eigenvalue weighted by atomic mass is 19.1. The molecule has 1 unspecified atom stereocenters. The number of ether oxygens (including phenoxy) is 2. The van der Waals surface area contributed by atoms with Crippen molar-refractivity contribution in [2.75, 3.05) is 18.1 Å². The van der Waals surface area contributed by atoms with E-state index >= 15 is 0 Å². The van der Waals surface area contributed by atoms with Crippen LogP contribution in [0.1, 0.15) is 23.1 Å². The fraction of sp³-hybridized carbons (Fsp3) is 0.167. The van der Waals surface area contributed by atoms with Gasteiger partial charge in [0.1, 0.15) is 42.4 Å². The number of amides is 1. The number of aliphatic hydroxyl groups excluding tert-OH is 1. The minimum Gasteiger partial charge on any atom is -0.507 e. The highest BCUT2D eigenvalue weighted by Gasteiger charge is 2.48. The SMILES string of the molecule is Cc1ccc(C2/C(=C(/O)c3ccc4c(c3)OCCO4)C(=O)C(=O)N2c2cccc(F)c2)o1. The second-order valence-electron chi connectivity index (χ2n) is 7.46. The van der Waals surface area contributed by atoms with E-state index in [1.54, 1.807) is 37.3 Å². The molecule has 2 aromatic carbocycles. The Morgan fingerprint density at radius 3 is 2.53 bits per heavy atom. The number of hydrogen-bond acceptors (Lipinski definition) is 6. The number of fused-ring (bicyclic) bond motifs is 1. The van der Waals surface area contributed by atoms with Crippen molar-refractivity contribution >= 4 is 23.1 Å². The summed E-state index contributed by atoms with van der Waals surface area (Å²) >= 11 is 0. The predicted octanol–water partition coefficient (Wildman–Crippen LogP) is 4.12. The van der Waals surface area contributed by atoms with E-state index in [9.17, 15) is 19.1 Å². The van der Waals surface area contributed by atoms with Crippen LogP contribution < -0.4 is 14.4 Å². The van der Waals surface area contributed by atoms with Gasteiger partial charge in [0, 0.05) is 11.3 Å². The van der Waals surface area contributed by atoms with Gasteiger partial charge in [0.25, 0.3) is 11.7 Å². The fourth-order valence-corrected chi connectivity index (χ4v) is 3.94. The van der Waals surface area contributed by atoms with Crippen LogP contribution in [0.15, 0.2) is 64.6 Å². The number of aryl methyl sites for hydroxylation is 1. The zero-order chi connectivity index (χ0) is 22.4. The Kier molecular flexibility index (Phi) is 4.70. The molecule has 5 rings (SSSR count). The quantitative estimate of drug-likeness (QED) is 0.378. The summed E-state index contributed by atoms with van der Waals surface area (Å²) in [6.45, 7) is 2.49. The summed E-state index contributed by atoms with van der Waals surface area (Å²) in [5, 5.41) is 11.1. The second kappa shape index (κ2) is 7.56. The number of ketones is 1. The van der Waals surface area contributed by atoms with Crippen LogP contribution in [0.2, 0.25) is 0 Å². The lowest BCUT2D eigenvalue weighted by Gasteiger charge is -2.23. The molecule has 32 heavy (non-hydrogen) atoms. The average molecular weight is 435 g/mol. The average Bonchev–Trinajstić information content (AvgIpc) is 3.33. The van der Waals surface area contributed by atoms with Gasteiger partial charge in [-0.1, -0.05) is 6.07 Å². The Labute approximate surface area is 182 Å². The van der Waals surface area contributed by atoms with Gasteiger partial charge in [-0.2, -0.15) is 0 Å². The van der Waals surface area contributed by atoms with Crippen LogP contribution in [0.25, 0.3) is 5.76 Å². The maximum atomic E-state index is 13.9. The maximum Gasteiger partial charge on any atom is 0.300 e. The number of furan rings is 1. The van der Waals surface area contributed by atoms with Crippen LogP contribution in [0.4, 0.5) is 10.1 Å². The Balaban J connectivity index is 1.69. The Morgan fingerprint density at radius 2 is 1.81 bits per heavy atom. The van der Waals surface area contributed by atoms with Gasteiger partial charge in [0.05, 0.1) is 5.57 Å². The lowest BCUT2D eigenvalue weighted by Crippen LogP contribution is -2.29. The first-order valence-electron chi connectivity index (χ1n) is 9.97. The zero-order valence-corrected chi connectivity index (χ0v) is 17.0. The lowest BCUT2D eigenvalue weighted by atomic mass is 9.99. The molecule has 2 aliphatic rings. The van der Waals surface area contributed by atoms with E-state index < -0.39 is 29.3 Å². The number of carbonyl (C=O) groups excluding carboxylic acids is 2. The Hall–Kier alpha value is -4.07. The molecule has 7 nitrogen and oxygen atoms in total. The standard InChI is InChI=1S/C24H18FNO6/c1-13-5-7-18(32-13)21-20(22(27)14-6-8-17-19(11-14)31-10-9-30-17)23(28)24(29)26(21)16-4-2-3-15(25)12-16/h2-8,11-12,21,27H,9-10H2,1H3/b22-20-. The molecule has 0 saturated carbocycles. The minimum absolute atomic E-state index is 0.162. The molecular formula is C24H18FNO6. The highest BCUT2D eigenvalue weighted by molar-refractivity contribution is 6.51. The smallest absolute Gasteiger partial charge is 0.300 e. The summed E-state index contributed by atoms with van der Waals surface area (Å²) < 4.78 is 30.7. The summed E-state index contributed by atoms with van der Waals surface area (Å²) in [4.78, 5) is 27.2. The highest BCUT2D eigenvalue weighted by Crippen LogP contribution is 2.43. The monoisotopic (exact) mass is 435 g/mol. The molecule has 0 spiro atoms. The van der Waals surface area contributed by atoms with Crippen LogP contribution in [-0.2, 0) is 9.59 Å². The number of Topliss-reactive ketones (excluding diaryl/α,β-unsaturated/α-hetero) is 1. The molecule has 1 fully saturated rings. The van der Waals surface area contributed by atoms with E-state index in [4.69, 9.17) is 13.9 Å². The molecular weight excluding hydrogens is 417 g/mol. The van der Waals surface area contributed by atoms with Crippen molar-refractivity contribution in [3.63, 3.8) is 0 Å². The molecule has 8 heteroatoms. The Bertz CT molecular complexity index is 1280. The molecule has 2 aliphatic heterocycles. The van der Waals surface area contributed by atoms with Gasteiger partial charge >= 0.3 is 0 Å². The normalized spacial score (nSPS) is 19.4. The van der Waals surface area contributed by atoms with Crippen molar-refractivity contribution < 1.29 is 33.0 Å². The summed E-state index contributed by atoms with van der Waals surface area (Å²) in [5.41, 5.74) is 0.289. The number of anilines is 1. The van der Waals surface area contributed by atoms with Crippen molar-refractivity contribution in [2.24, 2.45) is 0 Å². The molecule has 3 aromatic rings. The van der Waals surface area contributed by atoms with Crippen LogP contribution in [0, 0.1) is 12.7 Å². The molecule has 162 valence electrons. The van der Waals surface area contributed by atoms with E-state index in [1.165, 1.54) is 18.2 Å². The number of halogens is 1. The number of nitrogens with zero attached hydrogens (tertiary/aromatic N) is 1. The molecule has 1 saturated heterocycles. The van der Waals surface area contributed by atoms with Crippen LogP contribution in [-0.4, -0.2) is 30.0 Å². The van der Waals surface area contributed by atoms with Gasteiger partial charge in [0.2, 0.25) is 0 Å². The van der Waals surface area contributed by atoms with Crippen LogP contribution in [0.5, 0.6) is 11.5 Å². The fourth-order valence-electron chi connectivity index (χ4n) is 3.94. The number of aliphatic hydroxyl groups is 1. The van der Waals surface area contributed by atoms with Crippen molar-refractivity contribution in [3.8, 4) is 11.5 Å². The summed E-state index contributed by atoms with van der Waals surface area (Å²) in [5.74, 6) is -0.983. The number of carbonyl (C=O) groups is 2. The zero-order valence-electron chi connectivity index (χ0n) is 17.0. The van der Waals surface area contributed by atoms with Gasteiger partial charge in [-0.05, 0) is 55.5 Å². The first-order chi connectivity index (χ1) is 15.4. The molecule has 1 aromatic heterocycles. The lowest BCUT2D eigenvalue weighted by molar-refractivity contribution is -0.132. The predicted molar refractivity (Wildman–Crippen MR) is 112 cm³/mol. The van der Waals surface area contributed by atoms with Gasteiger partial charge in [-0.15, -0.1) is 0 Å². The topological polar surface area (TPSA) is 89.2 Å². The minimum atomic E-state index is -1.07. The van der Waals surface area contributed by atoms with E-state index in [1.807, 2.05) is 0 Å². The van der Waals surface area contributed by atoms with Crippen molar-refractivity contribution in [3.05, 3.63) is 83.1 Å². The van der Waals surface area contributed by atoms with Crippen molar-refractivity contribution in [1.82, 2.24) is 0 Å². The number of benzene rings is 2. The van der Waals surface area contributed by atoms with Gasteiger partial charge < -0.3 is 19.0 Å². The third kappa shape index (κ3) is 3.20. The van der Waals surface area contributed by atoms with E-state index in [0.29, 0.717) is 30.5 Å². The molecule has 1 atom stereocenters. The molecule has 0 radical (unpaired) electrons. The molecule has 1 N–H and O–H groups in total. The molecule has 0 aliphatic carbocycles.